The van der Waals surface area contributed by atoms with Crippen LogP contribution in [0.1, 0.15) is 71.6 Å². The Bertz CT molecular complexity index is 151. The second-order valence-electron chi connectivity index (χ2n) is 4.68. The van der Waals surface area contributed by atoms with Gasteiger partial charge in [0.1, 0.15) is 0 Å². The van der Waals surface area contributed by atoms with Gasteiger partial charge in [-0.25, -0.2) is 0 Å². The molecule has 0 radical (unpaired) electrons. The van der Waals surface area contributed by atoms with Crippen LogP contribution in [0.15, 0.2) is 0 Å². The predicted octanol–water partition coefficient (Wildman–Crippen LogP) is 4.50. The van der Waals surface area contributed by atoms with Gasteiger partial charge in [0.05, 0.1) is 6.61 Å². The molecule has 0 saturated heterocycles. The predicted molar refractivity (Wildman–Crippen MR) is 75.6 cm³/mol. The molecule has 0 aliphatic heterocycles. The van der Waals surface area contributed by atoms with Crippen molar-refractivity contribution in [2.75, 3.05) is 20.3 Å². The molecule has 0 bridgehead atoms. The molecule has 0 amide bonds. The van der Waals surface area contributed by atoms with Gasteiger partial charge < -0.3 is 14.2 Å². The van der Waals surface area contributed by atoms with E-state index in [1.54, 1.807) is 7.11 Å². The zero-order valence-electron chi connectivity index (χ0n) is 12.6. The van der Waals surface area contributed by atoms with Crippen LogP contribution in [0.2, 0.25) is 0 Å². The Morgan fingerprint density at radius 3 is 1.78 bits per heavy atom. The molecule has 3 nitrogen and oxygen atoms in total. The molecule has 1 atom stereocenters. The van der Waals surface area contributed by atoms with Crippen LogP contribution >= 0.6 is 0 Å². The number of hydrogen-bond acceptors (Lipinski definition) is 3. The van der Waals surface area contributed by atoms with Gasteiger partial charge in [0, 0.05) is 13.7 Å². The summed E-state index contributed by atoms with van der Waals surface area (Å²) in [6.07, 6.45) is 12.0. The fourth-order valence-corrected chi connectivity index (χ4v) is 1.91. The van der Waals surface area contributed by atoms with Gasteiger partial charge in [-0.3, -0.25) is 0 Å². The van der Waals surface area contributed by atoms with E-state index < -0.39 is 6.48 Å². The Labute approximate surface area is 113 Å². The molecule has 0 rings (SSSR count). The summed E-state index contributed by atoms with van der Waals surface area (Å²) in [4.78, 5) is 0. The smallest absolute Gasteiger partial charge is 0.271 e. The van der Waals surface area contributed by atoms with Crippen molar-refractivity contribution < 1.29 is 14.2 Å². The fourth-order valence-electron chi connectivity index (χ4n) is 1.91. The first-order valence-corrected chi connectivity index (χ1v) is 7.61. The Morgan fingerprint density at radius 2 is 1.28 bits per heavy atom. The van der Waals surface area contributed by atoms with Gasteiger partial charge in [-0.15, -0.1) is 0 Å². The van der Waals surface area contributed by atoms with Gasteiger partial charge in [0.2, 0.25) is 0 Å². The second-order valence-corrected chi connectivity index (χ2v) is 4.68. The topological polar surface area (TPSA) is 27.7 Å². The quantitative estimate of drug-likeness (QED) is 0.340. The maximum absolute atomic E-state index is 5.45. The molecule has 0 aromatic rings. The van der Waals surface area contributed by atoms with Gasteiger partial charge in [-0.05, 0) is 13.3 Å². The molecular weight excluding hydrogens is 228 g/mol. The highest BCUT2D eigenvalue weighted by Gasteiger charge is 2.04. The summed E-state index contributed by atoms with van der Waals surface area (Å²) in [6.45, 7) is 5.07. The highest BCUT2D eigenvalue weighted by Crippen LogP contribution is 2.09. The largest absolute Gasteiger partial charge is 0.333 e. The number of hydrogen-bond donors (Lipinski definition) is 0. The van der Waals surface area contributed by atoms with E-state index in [0.29, 0.717) is 6.61 Å². The van der Waals surface area contributed by atoms with Crippen LogP contribution < -0.4 is 0 Å². The lowest BCUT2D eigenvalue weighted by molar-refractivity contribution is -0.275. The number of rotatable bonds is 14. The van der Waals surface area contributed by atoms with Crippen molar-refractivity contribution in [2.45, 2.75) is 78.1 Å². The van der Waals surface area contributed by atoms with E-state index in [9.17, 15) is 0 Å². The van der Waals surface area contributed by atoms with Crippen molar-refractivity contribution in [3.8, 4) is 0 Å². The maximum atomic E-state index is 5.45. The first-order chi connectivity index (χ1) is 8.85. The average molecular weight is 260 g/mol. The molecule has 0 fully saturated rings. The Hall–Kier alpha value is -0.120. The average Bonchev–Trinajstić information content (AvgIpc) is 2.39. The third-order valence-electron chi connectivity index (χ3n) is 3.00. The number of unbranched alkanes of at least 4 members (excludes halogenated alkanes) is 8. The first kappa shape index (κ1) is 17.9. The Balaban J connectivity index is 3.10. The molecule has 3 heteroatoms. The molecule has 1 unspecified atom stereocenters. The van der Waals surface area contributed by atoms with E-state index in [-0.39, 0.29) is 0 Å². The minimum atomic E-state index is -0.482. The normalized spacial score (nSPS) is 12.8. The van der Waals surface area contributed by atoms with E-state index >= 15 is 0 Å². The molecule has 0 aliphatic rings. The first-order valence-electron chi connectivity index (χ1n) is 7.61. The summed E-state index contributed by atoms with van der Waals surface area (Å²) in [7, 11) is 1.61. The molecule has 0 N–H and O–H groups in total. The lowest BCUT2D eigenvalue weighted by atomic mass is 10.1. The molecular formula is C15H32O3. The van der Waals surface area contributed by atoms with Gasteiger partial charge in [-0.2, -0.15) is 0 Å². The van der Waals surface area contributed by atoms with Crippen molar-refractivity contribution in [3.05, 3.63) is 0 Å². The van der Waals surface area contributed by atoms with E-state index in [1.807, 2.05) is 6.92 Å². The van der Waals surface area contributed by atoms with Crippen LogP contribution in [0.25, 0.3) is 0 Å². The fraction of sp³-hybridized carbons (Fsp3) is 1.00. The van der Waals surface area contributed by atoms with Gasteiger partial charge in [0.15, 0.2) is 0 Å². The minimum Gasteiger partial charge on any atom is -0.333 e. The molecule has 18 heavy (non-hydrogen) atoms. The SMILES string of the molecule is CCCCCCCCCCCOC(OC)OCC. The van der Waals surface area contributed by atoms with Crippen molar-refractivity contribution in [1.29, 1.82) is 0 Å². The highest BCUT2D eigenvalue weighted by atomic mass is 16.8. The maximum Gasteiger partial charge on any atom is 0.271 e. The summed E-state index contributed by atoms with van der Waals surface area (Å²) < 4.78 is 15.7. The van der Waals surface area contributed by atoms with Crippen LogP contribution in [0.3, 0.4) is 0 Å². The monoisotopic (exact) mass is 260 g/mol. The summed E-state index contributed by atoms with van der Waals surface area (Å²) >= 11 is 0. The number of methoxy groups -OCH3 is 1. The summed E-state index contributed by atoms with van der Waals surface area (Å²) in [5, 5.41) is 0. The highest BCUT2D eigenvalue weighted by molar-refractivity contribution is 4.46. The Kier molecular flexibility index (Phi) is 14.8. The lowest BCUT2D eigenvalue weighted by Gasteiger charge is -2.15. The third kappa shape index (κ3) is 12.3. The van der Waals surface area contributed by atoms with Gasteiger partial charge in [0.25, 0.3) is 6.48 Å². The van der Waals surface area contributed by atoms with Crippen LogP contribution in [0, 0.1) is 0 Å². The van der Waals surface area contributed by atoms with Crippen LogP contribution in [-0.4, -0.2) is 26.8 Å². The van der Waals surface area contributed by atoms with Crippen molar-refractivity contribution in [1.82, 2.24) is 0 Å². The zero-order valence-corrected chi connectivity index (χ0v) is 12.6. The summed E-state index contributed by atoms with van der Waals surface area (Å²) in [6, 6.07) is 0. The zero-order chi connectivity index (χ0) is 13.5. The summed E-state index contributed by atoms with van der Waals surface area (Å²) in [5.41, 5.74) is 0. The Morgan fingerprint density at radius 1 is 0.722 bits per heavy atom. The molecule has 0 saturated carbocycles. The van der Waals surface area contributed by atoms with E-state index in [0.717, 1.165) is 13.0 Å². The van der Waals surface area contributed by atoms with Crippen molar-refractivity contribution in [3.63, 3.8) is 0 Å². The molecule has 0 heterocycles. The second kappa shape index (κ2) is 14.9. The van der Waals surface area contributed by atoms with Crippen molar-refractivity contribution in [2.24, 2.45) is 0 Å². The number of ether oxygens (including phenoxy) is 3. The van der Waals surface area contributed by atoms with E-state index in [4.69, 9.17) is 14.2 Å². The van der Waals surface area contributed by atoms with E-state index in [1.165, 1.54) is 51.4 Å². The lowest BCUT2D eigenvalue weighted by Crippen LogP contribution is -2.19. The summed E-state index contributed by atoms with van der Waals surface area (Å²) in [5.74, 6) is 0. The van der Waals surface area contributed by atoms with Crippen LogP contribution in [0.4, 0.5) is 0 Å². The van der Waals surface area contributed by atoms with Crippen LogP contribution in [-0.2, 0) is 14.2 Å². The van der Waals surface area contributed by atoms with Gasteiger partial charge in [-0.1, -0.05) is 58.3 Å². The molecule has 110 valence electrons. The van der Waals surface area contributed by atoms with Crippen LogP contribution in [0.5, 0.6) is 0 Å². The molecule has 0 aromatic heterocycles. The molecule has 0 spiro atoms. The van der Waals surface area contributed by atoms with Gasteiger partial charge >= 0.3 is 0 Å². The third-order valence-corrected chi connectivity index (χ3v) is 3.00. The van der Waals surface area contributed by atoms with E-state index in [2.05, 4.69) is 6.92 Å². The van der Waals surface area contributed by atoms with Crippen molar-refractivity contribution >= 4 is 0 Å². The molecule has 0 aliphatic carbocycles. The molecule has 0 aromatic carbocycles. The minimum absolute atomic E-state index is 0.482. The standard InChI is InChI=1S/C15H32O3/c1-4-6-7-8-9-10-11-12-13-14-18-15(16-3)17-5-2/h15H,4-14H2,1-3H3.